The number of carbonyl (C=O) groups excluding carboxylic acids is 3. The van der Waals surface area contributed by atoms with Crippen LogP contribution < -0.4 is 10.6 Å². The van der Waals surface area contributed by atoms with Crippen molar-refractivity contribution in [3.63, 3.8) is 0 Å². The van der Waals surface area contributed by atoms with E-state index in [-0.39, 0.29) is 41.1 Å². The molecule has 148 valence electrons. The zero-order valence-electron chi connectivity index (χ0n) is 17.1. The SMILES string of the molecule is CC[C@@H](C)C(=O)N[C@H](C(=O)N1CC[C@H]2CCC(NC(C)=O)[C@H]21)C(C)(C)C. The van der Waals surface area contributed by atoms with Crippen molar-refractivity contribution >= 4 is 17.7 Å². The second kappa shape index (κ2) is 7.97. The average molecular weight is 366 g/mol. The molecule has 2 rings (SSSR count). The summed E-state index contributed by atoms with van der Waals surface area (Å²) in [5, 5.41) is 6.03. The average Bonchev–Trinajstić information content (AvgIpc) is 3.12. The van der Waals surface area contributed by atoms with Crippen molar-refractivity contribution in [3.8, 4) is 0 Å². The number of hydrogen-bond acceptors (Lipinski definition) is 3. The van der Waals surface area contributed by atoms with E-state index in [1.807, 2.05) is 39.5 Å². The maximum Gasteiger partial charge on any atom is 0.246 e. The number of rotatable bonds is 5. The van der Waals surface area contributed by atoms with E-state index < -0.39 is 6.04 Å². The fourth-order valence-electron chi connectivity index (χ4n) is 4.26. The highest BCUT2D eigenvalue weighted by Crippen LogP contribution is 2.39. The first kappa shape index (κ1) is 20.7. The van der Waals surface area contributed by atoms with E-state index in [0.717, 1.165) is 25.7 Å². The third kappa shape index (κ3) is 4.38. The predicted octanol–water partition coefficient (Wildman–Crippen LogP) is 2.08. The normalized spacial score (nSPS) is 27.6. The molecule has 1 saturated carbocycles. The zero-order chi connectivity index (χ0) is 19.6. The van der Waals surface area contributed by atoms with Gasteiger partial charge in [0.05, 0.1) is 6.04 Å². The Hall–Kier alpha value is -1.59. The van der Waals surface area contributed by atoms with E-state index >= 15 is 0 Å². The molecule has 6 nitrogen and oxygen atoms in total. The highest BCUT2D eigenvalue weighted by molar-refractivity contribution is 5.89. The van der Waals surface area contributed by atoms with Crippen LogP contribution in [0.4, 0.5) is 0 Å². The molecule has 0 spiro atoms. The lowest BCUT2D eigenvalue weighted by atomic mass is 9.85. The van der Waals surface area contributed by atoms with Crippen LogP contribution in [0.5, 0.6) is 0 Å². The fraction of sp³-hybridized carbons (Fsp3) is 0.850. The summed E-state index contributed by atoms with van der Waals surface area (Å²) in [6.45, 7) is 12.0. The molecular weight excluding hydrogens is 330 g/mol. The summed E-state index contributed by atoms with van der Waals surface area (Å²) < 4.78 is 0. The summed E-state index contributed by atoms with van der Waals surface area (Å²) in [7, 11) is 0. The summed E-state index contributed by atoms with van der Waals surface area (Å²) in [6, 6.07) is -0.479. The Bertz CT molecular complexity index is 555. The maximum atomic E-state index is 13.4. The van der Waals surface area contributed by atoms with Gasteiger partial charge in [-0.15, -0.1) is 0 Å². The lowest BCUT2D eigenvalue weighted by Crippen LogP contribution is -2.59. The second-order valence-corrected chi connectivity index (χ2v) is 9.07. The van der Waals surface area contributed by atoms with E-state index in [1.54, 1.807) is 0 Å². The number of hydrogen-bond donors (Lipinski definition) is 2. The highest BCUT2D eigenvalue weighted by atomic mass is 16.2. The Labute approximate surface area is 157 Å². The van der Waals surface area contributed by atoms with Gasteiger partial charge >= 0.3 is 0 Å². The van der Waals surface area contributed by atoms with Crippen LogP contribution >= 0.6 is 0 Å². The molecular formula is C20H35N3O3. The maximum absolute atomic E-state index is 13.4. The van der Waals surface area contributed by atoms with Crippen LogP contribution in [0.2, 0.25) is 0 Å². The van der Waals surface area contributed by atoms with Gasteiger partial charge in [-0.2, -0.15) is 0 Å². The lowest BCUT2D eigenvalue weighted by molar-refractivity contribution is -0.141. The number of likely N-dealkylation sites (tertiary alicyclic amines) is 1. The molecule has 2 fully saturated rings. The lowest BCUT2D eigenvalue weighted by Gasteiger charge is -2.37. The van der Waals surface area contributed by atoms with Gasteiger partial charge in [0.15, 0.2) is 0 Å². The molecule has 1 unspecified atom stereocenters. The van der Waals surface area contributed by atoms with Crippen molar-refractivity contribution in [2.45, 2.75) is 85.4 Å². The van der Waals surface area contributed by atoms with Crippen LogP contribution in [-0.4, -0.2) is 47.3 Å². The van der Waals surface area contributed by atoms with E-state index in [4.69, 9.17) is 0 Å². The number of nitrogens with zero attached hydrogens (tertiary/aromatic N) is 1. The van der Waals surface area contributed by atoms with Crippen molar-refractivity contribution in [3.05, 3.63) is 0 Å². The van der Waals surface area contributed by atoms with Crippen LogP contribution in [0.25, 0.3) is 0 Å². The minimum atomic E-state index is -0.554. The third-order valence-electron chi connectivity index (χ3n) is 5.98. The molecule has 2 aliphatic rings. The fourth-order valence-corrected chi connectivity index (χ4v) is 4.26. The molecule has 0 aromatic rings. The van der Waals surface area contributed by atoms with Gasteiger partial charge in [0, 0.05) is 25.4 Å². The summed E-state index contributed by atoms with van der Waals surface area (Å²) in [5.41, 5.74) is -0.375. The summed E-state index contributed by atoms with van der Waals surface area (Å²) in [5.74, 6) is 0.201. The molecule has 1 aliphatic heterocycles. The second-order valence-electron chi connectivity index (χ2n) is 9.07. The van der Waals surface area contributed by atoms with Gasteiger partial charge in [-0.25, -0.2) is 0 Å². The molecule has 1 saturated heterocycles. The topological polar surface area (TPSA) is 78.5 Å². The summed E-state index contributed by atoms with van der Waals surface area (Å²) >= 11 is 0. The van der Waals surface area contributed by atoms with Crippen molar-refractivity contribution in [2.75, 3.05) is 6.54 Å². The van der Waals surface area contributed by atoms with Gasteiger partial charge < -0.3 is 15.5 Å². The van der Waals surface area contributed by atoms with Crippen molar-refractivity contribution in [1.29, 1.82) is 0 Å². The molecule has 1 aliphatic carbocycles. The Kier molecular flexibility index (Phi) is 6.35. The predicted molar refractivity (Wildman–Crippen MR) is 101 cm³/mol. The Morgan fingerprint density at radius 2 is 1.81 bits per heavy atom. The number of amides is 3. The van der Waals surface area contributed by atoms with E-state index in [2.05, 4.69) is 10.6 Å². The first-order valence-corrected chi connectivity index (χ1v) is 9.94. The van der Waals surface area contributed by atoms with E-state index in [9.17, 15) is 14.4 Å². The van der Waals surface area contributed by atoms with Crippen LogP contribution in [-0.2, 0) is 14.4 Å². The number of fused-ring (bicyclic) bond motifs is 1. The Morgan fingerprint density at radius 3 is 2.35 bits per heavy atom. The Morgan fingerprint density at radius 1 is 1.15 bits per heavy atom. The molecule has 3 amide bonds. The van der Waals surface area contributed by atoms with E-state index in [1.165, 1.54) is 6.92 Å². The standard InChI is InChI=1S/C20H35N3O3/c1-7-12(2)18(25)22-17(20(4,5)6)19(26)23-11-10-14-8-9-15(16(14)23)21-13(3)24/h12,14-17H,7-11H2,1-6H3,(H,21,24)(H,22,25)/t12-,14-,15?,16+,17-/m1/s1. The molecule has 0 aromatic carbocycles. The molecule has 5 atom stereocenters. The molecule has 0 radical (unpaired) electrons. The zero-order valence-corrected chi connectivity index (χ0v) is 17.1. The Balaban J connectivity index is 2.19. The first-order chi connectivity index (χ1) is 12.1. The molecule has 0 bridgehead atoms. The molecule has 6 heteroatoms. The highest BCUT2D eigenvalue weighted by Gasteiger charge is 2.49. The largest absolute Gasteiger partial charge is 0.352 e. The molecule has 1 heterocycles. The minimum Gasteiger partial charge on any atom is -0.352 e. The van der Waals surface area contributed by atoms with Crippen molar-refractivity contribution in [1.82, 2.24) is 15.5 Å². The summed E-state index contributed by atoms with van der Waals surface area (Å²) in [4.78, 5) is 39.3. The first-order valence-electron chi connectivity index (χ1n) is 9.94. The van der Waals surface area contributed by atoms with Crippen LogP contribution in [0.15, 0.2) is 0 Å². The van der Waals surface area contributed by atoms with Crippen LogP contribution in [0.3, 0.4) is 0 Å². The number of nitrogens with one attached hydrogen (secondary N) is 2. The quantitative estimate of drug-likeness (QED) is 0.783. The van der Waals surface area contributed by atoms with Crippen LogP contribution in [0, 0.1) is 17.3 Å². The minimum absolute atomic E-state index is 0.0149. The molecule has 0 aromatic heterocycles. The van der Waals surface area contributed by atoms with Gasteiger partial charge in [0.25, 0.3) is 0 Å². The third-order valence-corrected chi connectivity index (χ3v) is 5.98. The number of carbonyl (C=O) groups is 3. The monoisotopic (exact) mass is 365 g/mol. The van der Waals surface area contributed by atoms with Crippen molar-refractivity contribution < 1.29 is 14.4 Å². The molecule has 26 heavy (non-hydrogen) atoms. The smallest absolute Gasteiger partial charge is 0.246 e. The van der Waals surface area contributed by atoms with Gasteiger partial charge in [0.2, 0.25) is 17.7 Å². The summed E-state index contributed by atoms with van der Waals surface area (Å²) in [6.07, 6.45) is 3.68. The van der Waals surface area contributed by atoms with Gasteiger partial charge in [-0.1, -0.05) is 34.6 Å². The van der Waals surface area contributed by atoms with Gasteiger partial charge in [0.1, 0.15) is 6.04 Å². The van der Waals surface area contributed by atoms with Crippen molar-refractivity contribution in [2.24, 2.45) is 17.3 Å². The molecule has 2 N–H and O–H groups in total. The van der Waals surface area contributed by atoms with Gasteiger partial charge in [-0.05, 0) is 37.0 Å². The van der Waals surface area contributed by atoms with Gasteiger partial charge in [-0.3, -0.25) is 14.4 Å². The van der Waals surface area contributed by atoms with Crippen LogP contribution in [0.1, 0.15) is 67.2 Å². The van der Waals surface area contributed by atoms with E-state index in [0.29, 0.717) is 12.5 Å².